The normalized spacial score (nSPS) is 16.4. The number of carbonyl (C=O) groups excluding carboxylic acids is 2. The Hall–Kier alpha value is -3.35. The Morgan fingerprint density at radius 3 is 2.41 bits per heavy atom. The molecule has 2 aromatic carbocycles. The van der Waals surface area contributed by atoms with Crippen molar-refractivity contribution in [3.8, 4) is 0 Å². The molecule has 0 aromatic heterocycles. The van der Waals surface area contributed by atoms with Gasteiger partial charge in [0, 0.05) is 6.42 Å². The predicted molar refractivity (Wildman–Crippen MR) is 106 cm³/mol. The van der Waals surface area contributed by atoms with Gasteiger partial charge in [0.25, 0.3) is 0 Å². The van der Waals surface area contributed by atoms with E-state index in [9.17, 15) is 19.5 Å². The highest BCUT2D eigenvalue weighted by molar-refractivity contribution is 5.89. The summed E-state index contributed by atoms with van der Waals surface area (Å²) in [4.78, 5) is 38.3. The number of carbonyl (C=O) groups is 3. The van der Waals surface area contributed by atoms with Crippen molar-refractivity contribution in [3.63, 3.8) is 0 Å². The van der Waals surface area contributed by atoms with Crippen molar-refractivity contribution in [2.75, 3.05) is 0 Å². The predicted octanol–water partition coefficient (Wildman–Crippen LogP) is 2.73. The molecule has 1 aliphatic heterocycles. The lowest BCUT2D eigenvalue weighted by molar-refractivity contribution is -0.142. The van der Waals surface area contributed by atoms with Gasteiger partial charge < -0.3 is 15.2 Å². The zero-order chi connectivity index (χ0) is 20.8. The van der Waals surface area contributed by atoms with E-state index in [1.807, 2.05) is 54.6 Å². The molecule has 0 saturated heterocycles. The molecule has 0 spiro atoms. The third-order valence-corrected chi connectivity index (χ3v) is 5.01. The van der Waals surface area contributed by atoms with Crippen LogP contribution in [-0.4, -0.2) is 40.1 Å². The molecular formula is C22H24N2O5. The Morgan fingerprint density at radius 1 is 1.10 bits per heavy atom. The summed E-state index contributed by atoms with van der Waals surface area (Å²) in [5, 5.41) is 11.8. The first kappa shape index (κ1) is 20.4. The average Bonchev–Trinajstić information content (AvgIpc) is 2.75. The van der Waals surface area contributed by atoms with E-state index in [2.05, 4.69) is 5.32 Å². The number of aliphatic carboxylic acids is 1. The van der Waals surface area contributed by atoms with Gasteiger partial charge in [-0.2, -0.15) is 0 Å². The fraction of sp³-hybridized carbons (Fsp3) is 0.318. The minimum Gasteiger partial charge on any atom is -0.480 e. The molecule has 1 heterocycles. The summed E-state index contributed by atoms with van der Waals surface area (Å²) in [6, 6.07) is 15.0. The van der Waals surface area contributed by atoms with E-state index in [1.165, 1.54) is 4.90 Å². The zero-order valence-corrected chi connectivity index (χ0v) is 16.2. The molecule has 7 heteroatoms. The number of rotatable bonds is 6. The Bertz CT molecular complexity index is 884. The number of nitrogens with zero attached hydrogens (tertiary/aromatic N) is 1. The van der Waals surface area contributed by atoms with Crippen LogP contribution in [0, 0.1) is 0 Å². The molecule has 7 nitrogen and oxygen atoms in total. The van der Waals surface area contributed by atoms with Crippen LogP contribution >= 0.6 is 0 Å². The van der Waals surface area contributed by atoms with Gasteiger partial charge in [0.15, 0.2) is 0 Å². The SMILES string of the molecule is CC[C@@H](NC(=O)[C@@H]1Cc2ccccc2CN1C(=O)OCc1ccccc1)C(=O)O. The minimum atomic E-state index is -1.10. The van der Waals surface area contributed by atoms with Crippen molar-refractivity contribution >= 4 is 18.0 Å². The summed E-state index contributed by atoms with van der Waals surface area (Å²) in [5.41, 5.74) is 2.75. The van der Waals surface area contributed by atoms with Crippen LogP contribution in [0.3, 0.4) is 0 Å². The highest BCUT2D eigenvalue weighted by Crippen LogP contribution is 2.24. The number of carboxylic acid groups (broad SMARTS) is 1. The average molecular weight is 396 g/mol. The molecule has 152 valence electrons. The topological polar surface area (TPSA) is 95.9 Å². The zero-order valence-electron chi connectivity index (χ0n) is 16.2. The van der Waals surface area contributed by atoms with Crippen LogP contribution in [0.2, 0.25) is 0 Å². The fourth-order valence-electron chi connectivity index (χ4n) is 3.36. The molecule has 0 bridgehead atoms. The molecule has 3 rings (SSSR count). The van der Waals surface area contributed by atoms with Gasteiger partial charge in [-0.1, -0.05) is 61.5 Å². The quantitative estimate of drug-likeness (QED) is 0.783. The van der Waals surface area contributed by atoms with Crippen LogP contribution < -0.4 is 5.32 Å². The Kier molecular flexibility index (Phi) is 6.49. The largest absolute Gasteiger partial charge is 0.480 e. The first-order valence-corrected chi connectivity index (χ1v) is 9.57. The van der Waals surface area contributed by atoms with Gasteiger partial charge in [-0.3, -0.25) is 9.69 Å². The summed E-state index contributed by atoms with van der Waals surface area (Å²) >= 11 is 0. The van der Waals surface area contributed by atoms with Crippen molar-refractivity contribution in [2.24, 2.45) is 0 Å². The Morgan fingerprint density at radius 2 is 1.76 bits per heavy atom. The molecule has 2 amide bonds. The van der Waals surface area contributed by atoms with Crippen LogP contribution in [0.5, 0.6) is 0 Å². The summed E-state index contributed by atoms with van der Waals surface area (Å²) in [5.74, 6) is -1.60. The lowest BCUT2D eigenvalue weighted by Gasteiger charge is -2.35. The number of amides is 2. The van der Waals surface area contributed by atoms with Crippen molar-refractivity contribution < 1.29 is 24.2 Å². The van der Waals surface area contributed by atoms with Gasteiger partial charge in [-0.05, 0) is 23.1 Å². The first-order valence-electron chi connectivity index (χ1n) is 9.57. The van der Waals surface area contributed by atoms with Crippen LogP contribution in [0.4, 0.5) is 4.79 Å². The summed E-state index contributed by atoms with van der Waals surface area (Å²) in [7, 11) is 0. The van der Waals surface area contributed by atoms with Crippen molar-refractivity contribution in [3.05, 3.63) is 71.3 Å². The van der Waals surface area contributed by atoms with Gasteiger partial charge in [-0.15, -0.1) is 0 Å². The highest BCUT2D eigenvalue weighted by atomic mass is 16.6. The lowest BCUT2D eigenvalue weighted by atomic mass is 9.93. The smallest absolute Gasteiger partial charge is 0.411 e. The molecule has 2 N–H and O–H groups in total. The number of hydrogen-bond donors (Lipinski definition) is 2. The van der Waals surface area contributed by atoms with Crippen LogP contribution in [0.25, 0.3) is 0 Å². The Labute approximate surface area is 169 Å². The number of hydrogen-bond acceptors (Lipinski definition) is 4. The maximum absolute atomic E-state index is 12.8. The van der Waals surface area contributed by atoms with E-state index in [4.69, 9.17) is 4.74 Å². The minimum absolute atomic E-state index is 0.0961. The second-order valence-corrected chi connectivity index (χ2v) is 6.96. The van der Waals surface area contributed by atoms with Gasteiger partial charge in [0.2, 0.25) is 5.91 Å². The summed E-state index contributed by atoms with van der Waals surface area (Å²) in [6.45, 7) is 2.01. The van der Waals surface area contributed by atoms with E-state index in [-0.39, 0.29) is 19.6 Å². The van der Waals surface area contributed by atoms with E-state index in [1.54, 1.807) is 6.92 Å². The van der Waals surface area contributed by atoms with Crippen molar-refractivity contribution in [2.45, 2.75) is 45.0 Å². The lowest BCUT2D eigenvalue weighted by Crippen LogP contribution is -2.55. The number of carboxylic acids is 1. The molecule has 2 atom stereocenters. The second kappa shape index (κ2) is 9.23. The molecule has 0 unspecified atom stereocenters. The van der Waals surface area contributed by atoms with Gasteiger partial charge >= 0.3 is 12.1 Å². The molecule has 0 radical (unpaired) electrons. The van der Waals surface area contributed by atoms with E-state index in [0.29, 0.717) is 6.42 Å². The van der Waals surface area contributed by atoms with Gasteiger partial charge in [-0.25, -0.2) is 9.59 Å². The maximum atomic E-state index is 12.8. The molecule has 0 fully saturated rings. The first-order chi connectivity index (χ1) is 14.0. The maximum Gasteiger partial charge on any atom is 0.411 e. The molecular weight excluding hydrogens is 372 g/mol. The van der Waals surface area contributed by atoms with Crippen LogP contribution in [0.1, 0.15) is 30.0 Å². The Balaban J connectivity index is 1.78. The van der Waals surface area contributed by atoms with Crippen molar-refractivity contribution in [1.82, 2.24) is 10.2 Å². The molecule has 1 aliphatic rings. The second-order valence-electron chi connectivity index (χ2n) is 6.96. The number of ether oxygens (including phenoxy) is 1. The van der Waals surface area contributed by atoms with E-state index >= 15 is 0 Å². The number of nitrogens with one attached hydrogen (secondary N) is 1. The monoisotopic (exact) mass is 396 g/mol. The van der Waals surface area contributed by atoms with Crippen LogP contribution in [0.15, 0.2) is 54.6 Å². The van der Waals surface area contributed by atoms with Gasteiger partial charge in [0.05, 0.1) is 6.54 Å². The molecule has 0 saturated carbocycles. The highest BCUT2D eigenvalue weighted by Gasteiger charge is 2.36. The number of benzene rings is 2. The van der Waals surface area contributed by atoms with Gasteiger partial charge in [0.1, 0.15) is 18.7 Å². The third kappa shape index (κ3) is 4.93. The van der Waals surface area contributed by atoms with E-state index in [0.717, 1.165) is 16.7 Å². The summed E-state index contributed by atoms with van der Waals surface area (Å²) < 4.78 is 5.43. The van der Waals surface area contributed by atoms with E-state index < -0.39 is 30.1 Å². The molecule has 0 aliphatic carbocycles. The standard InChI is InChI=1S/C22H24N2O5/c1-2-18(21(26)27)23-20(25)19-12-16-10-6-7-11-17(16)13-24(19)22(28)29-14-15-8-4-3-5-9-15/h3-11,18-19H,2,12-14H2,1H3,(H,23,25)(H,26,27)/t18-,19+/m1/s1. The van der Waals surface area contributed by atoms with Crippen LogP contribution in [-0.2, 0) is 33.9 Å². The van der Waals surface area contributed by atoms with Crippen molar-refractivity contribution in [1.29, 1.82) is 0 Å². The third-order valence-electron chi connectivity index (χ3n) is 5.01. The molecule has 29 heavy (non-hydrogen) atoms. The molecule has 2 aromatic rings. The summed E-state index contributed by atoms with van der Waals surface area (Å²) in [6.07, 6.45) is -0.0479. The number of fused-ring (bicyclic) bond motifs is 1. The fourth-order valence-corrected chi connectivity index (χ4v) is 3.36.